The Kier molecular flexibility index (Phi) is 4.22. The highest BCUT2D eigenvalue weighted by Gasteiger charge is 2.41. The van der Waals surface area contributed by atoms with Crippen LogP contribution in [0, 0.1) is 0 Å². The number of halogens is 2. The van der Waals surface area contributed by atoms with Crippen molar-refractivity contribution in [2.45, 2.75) is 0 Å². The first-order valence-corrected chi connectivity index (χ1v) is 7.61. The third-order valence-electron chi connectivity index (χ3n) is 3.59. The van der Waals surface area contributed by atoms with Crippen LogP contribution < -0.4 is 9.64 Å². The molecule has 1 N–H and O–H groups in total. The van der Waals surface area contributed by atoms with Gasteiger partial charge in [-0.25, -0.2) is 4.90 Å². The number of imide groups is 1. The Morgan fingerprint density at radius 3 is 2.29 bits per heavy atom. The van der Waals surface area contributed by atoms with Gasteiger partial charge in [-0.1, -0.05) is 35.3 Å². The van der Waals surface area contributed by atoms with Crippen molar-refractivity contribution in [3.63, 3.8) is 0 Å². The van der Waals surface area contributed by atoms with Gasteiger partial charge in [0.1, 0.15) is 5.75 Å². The summed E-state index contributed by atoms with van der Waals surface area (Å²) in [5.74, 6) is -1.58. The maximum atomic E-state index is 12.7. The molecule has 2 amide bonds. The summed E-state index contributed by atoms with van der Waals surface area (Å²) in [6, 6.07) is 10.8. The number of anilines is 1. The SMILES string of the molecule is COc1ccc(C2=C(O)C(=O)N(c3cc(Cl)ccc3Cl)C2=O)cc1. The smallest absolute Gasteiger partial charge is 0.301 e. The fraction of sp³-hybridized carbons (Fsp3) is 0.0588. The molecule has 0 aromatic heterocycles. The lowest BCUT2D eigenvalue weighted by atomic mass is 10.1. The minimum Gasteiger partial charge on any atom is -0.502 e. The monoisotopic (exact) mass is 363 g/mol. The quantitative estimate of drug-likeness (QED) is 0.841. The number of benzene rings is 2. The molecule has 0 radical (unpaired) electrons. The van der Waals surface area contributed by atoms with Gasteiger partial charge in [-0.2, -0.15) is 0 Å². The summed E-state index contributed by atoms with van der Waals surface area (Å²) in [5.41, 5.74) is 0.417. The molecule has 0 saturated heterocycles. The zero-order valence-electron chi connectivity index (χ0n) is 12.4. The summed E-state index contributed by atoms with van der Waals surface area (Å²) >= 11 is 12.0. The van der Waals surface area contributed by atoms with Crippen molar-refractivity contribution in [3.05, 3.63) is 63.8 Å². The zero-order chi connectivity index (χ0) is 17.4. The number of hydrogen-bond donors (Lipinski definition) is 1. The van der Waals surface area contributed by atoms with Gasteiger partial charge in [0.05, 0.1) is 23.4 Å². The van der Waals surface area contributed by atoms with E-state index in [4.69, 9.17) is 27.9 Å². The Balaban J connectivity index is 2.05. The first kappa shape index (κ1) is 16.4. The molecule has 122 valence electrons. The van der Waals surface area contributed by atoms with Crippen molar-refractivity contribution in [2.75, 3.05) is 12.0 Å². The number of ether oxygens (including phenoxy) is 1. The number of hydrogen-bond acceptors (Lipinski definition) is 4. The van der Waals surface area contributed by atoms with Crippen LogP contribution in [0.2, 0.25) is 10.0 Å². The van der Waals surface area contributed by atoms with E-state index in [0.717, 1.165) is 4.90 Å². The topological polar surface area (TPSA) is 66.8 Å². The molecule has 1 heterocycles. The van der Waals surface area contributed by atoms with Crippen LogP contribution in [-0.2, 0) is 9.59 Å². The Labute approximate surface area is 147 Å². The number of carbonyl (C=O) groups is 2. The first-order chi connectivity index (χ1) is 11.4. The molecule has 0 saturated carbocycles. The average Bonchev–Trinajstić information content (AvgIpc) is 2.80. The van der Waals surface area contributed by atoms with E-state index in [0.29, 0.717) is 16.3 Å². The molecule has 2 aromatic rings. The largest absolute Gasteiger partial charge is 0.502 e. The van der Waals surface area contributed by atoms with Gasteiger partial charge in [0, 0.05) is 5.02 Å². The molecule has 0 bridgehead atoms. The maximum Gasteiger partial charge on any atom is 0.301 e. The number of aliphatic hydroxyl groups is 1. The van der Waals surface area contributed by atoms with Crippen LogP contribution in [-0.4, -0.2) is 24.0 Å². The number of aliphatic hydroxyl groups excluding tert-OH is 1. The van der Waals surface area contributed by atoms with E-state index in [9.17, 15) is 14.7 Å². The van der Waals surface area contributed by atoms with E-state index < -0.39 is 17.6 Å². The molecule has 0 spiro atoms. The Morgan fingerprint density at radius 2 is 1.67 bits per heavy atom. The van der Waals surface area contributed by atoms with Crippen LogP contribution in [0.5, 0.6) is 5.75 Å². The normalized spacial score (nSPS) is 14.5. The highest BCUT2D eigenvalue weighted by Crippen LogP contribution is 2.37. The molecule has 0 atom stereocenters. The molecule has 0 fully saturated rings. The molecule has 5 nitrogen and oxygen atoms in total. The number of amides is 2. The van der Waals surface area contributed by atoms with E-state index >= 15 is 0 Å². The first-order valence-electron chi connectivity index (χ1n) is 6.85. The second kappa shape index (κ2) is 6.19. The van der Waals surface area contributed by atoms with Crippen LogP contribution in [0.1, 0.15) is 5.56 Å². The van der Waals surface area contributed by atoms with Crippen molar-refractivity contribution >= 4 is 46.3 Å². The number of nitrogens with zero attached hydrogens (tertiary/aromatic N) is 1. The van der Waals surface area contributed by atoms with E-state index in [1.54, 1.807) is 24.3 Å². The molecule has 24 heavy (non-hydrogen) atoms. The number of rotatable bonds is 3. The van der Waals surface area contributed by atoms with Gasteiger partial charge in [0.15, 0.2) is 5.76 Å². The van der Waals surface area contributed by atoms with Gasteiger partial charge >= 0.3 is 5.91 Å². The van der Waals surface area contributed by atoms with Gasteiger partial charge in [0.25, 0.3) is 5.91 Å². The van der Waals surface area contributed by atoms with E-state index in [1.807, 2.05) is 0 Å². The average molecular weight is 364 g/mol. The van der Waals surface area contributed by atoms with Crippen LogP contribution in [0.15, 0.2) is 48.2 Å². The third-order valence-corrected chi connectivity index (χ3v) is 4.14. The molecular formula is C17H11Cl2NO4. The summed E-state index contributed by atoms with van der Waals surface area (Å²) < 4.78 is 5.05. The fourth-order valence-corrected chi connectivity index (χ4v) is 2.78. The summed E-state index contributed by atoms with van der Waals surface area (Å²) in [6.45, 7) is 0. The van der Waals surface area contributed by atoms with E-state index in [1.165, 1.54) is 25.3 Å². The maximum absolute atomic E-state index is 12.7. The van der Waals surface area contributed by atoms with Crippen molar-refractivity contribution in [2.24, 2.45) is 0 Å². The molecule has 1 aliphatic rings. The molecule has 7 heteroatoms. The molecule has 1 aliphatic heterocycles. The Hall–Kier alpha value is -2.50. The highest BCUT2D eigenvalue weighted by molar-refractivity contribution is 6.47. The molecule has 3 rings (SSSR count). The second-order valence-electron chi connectivity index (χ2n) is 4.99. The summed E-state index contributed by atoms with van der Waals surface area (Å²) in [5, 5.41) is 10.6. The van der Waals surface area contributed by atoms with Crippen LogP contribution in [0.25, 0.3) is 5.57 Å². The van der Waals surface area contributed by atoms with Gasteiger partial charge in [-0.05, 0) is 35.9 Å². The van der Waals surface area contributed by atoms with Crippen LogP contribution >= 0.6 is 23.2 Å². The summed E-state index contributed by atoms with van der Waals surface area (Å²) in [4.78, 5) is 25.9. The Bertz CT molecular complexity index is 875. The van der Waals surface area contributed by atoms with Crippen LogP contribution in [0.3, 0.4) is 0 Å². The zero-order valence-corrected chi connectivity index (χ0v) is 13.9. The van der Waals surface area contributed by atoms with Crippen LogP contribution in [0.4, 0.5) is 5.69 Å². The van der Waals surface area contributed by atoms with Gasteiger partial charge in [-0.15, -0.1) is 0 Å². The Morgan fingerprint density at radius 1 is 1.00 bits per heavy atom. The van der Waals surface area contributed by atoms with Gasteiger partial charge < -0.3 is 9.84 Å². The van der Waals surface area contributed by atoms with Crippen molar-refractivity contribution in [1.29, 1.82) is 0 Å². The minimum atomic E-state index is -0.852. The summed E-state index contributed by atoms with van der Waals surface area (Å²) in [7, 11) is 1.51. The van der Waals surface area contributed by atoms with E-state index in [-0.39, 0.29) is 16.3 Å². The minimum absolute atomic E-state index is 0.0984. The van der Waals surface area contributed by atoms with Crippen molar-refractivity contribution in [1.82, 2.24) is 0 Å². The summed E-state index contributed by atoms with van der Waals surface area (Å²) in [6.07, 6.45) is 0. The number of methoxy groups -OCH3 is 1. The van der Waals surface area contributed by atoms with Gasteiger partial charge in [0.2, 0.25) is 0 Å². The van der Waals surface area contributed by atoms with Crippen molar-refractivity contribution < 1.29 is 19.4 Å². The predicted molar refractivity (Wildman–Crippen MR) is 91.5 cm³/mol. The lowest BCUT2D eigenvalue weighted by Gasteiger charge is -2.16. The van der Waals surface area contributed by atoms with Gasteiger partial charge in [-0.3, -0.25) is 9.59 Å². The molecular weight excluding hydrogens is 353 g/mol. The standard InChI is InChI=1S/C17H11Cl2NO4/c1-24-11-5-2-9(3-6-11)14-15(21)17(23)20(16(14)22)13-8-10(18)4-7-12(13)19/h2-8,21H,1H3. The molecule has 0 aliphatic carbocycles. The second-order valence-corrected chi connectivity index (χ2v) is 5.84. The third kappa shape index (κ3) is 2.62. The van der Waals surface area contributed by atoms with E-state index in [2.05, 4.69) is 0 Å². The predicted octanol–water partition coefficient (Wildman–Crippen LogP) is 3.84. The molecule has 2 aromatic carbocycles. The fourth-order valence-electron chi connectivity index (χ4n) is 2.41. The highest BCUT2D eigenvalue weighted by atomic mass is 35.5. The molecule has 0 unspecified atom stereocenters. The lowest BCUT2D eigenvalue weighted by Crippen LogP contribution is -2.31. The van der Waals surface area contributed by atoms with Crippen molar-refractivity contribution in [3.8, 4) is 5.75 Å². The lowest BCUT2D eigenvalue weighted by molar-refractivity contribution is -0.121. The number of carbonyl (C=O) groups excluding carboxylic acids is 2.